The van der Waals surface area contributed by atoms with Crippen molar-refractivity contribution in [3.05, 3.63) is 42.0 Å². The summed E-state index contributed by atoms with van der Waals surface area (Å²) in [5, 5.41) is 2.55. The molecule has 0 bridgehead atoms. The van der Waals surface area contributed by atoms with Crippen LogP contribution in [0.1, 0.15) is 5.56 Å². The van der Waals surface area contributed by atoms with Crippen LogP contribution in [0.25, 0.3) is 6.08 Å². The Hall–Kier alpha value is -1.61. The fraction of sp³-hybridized carbons (Fsp3) is 0.182. The third-order valence-electron chi connectivity index (χ3n) is 1.62. The monoisotopic (exact) mass is 191 g/mol. The van der Waals surface area contributed by atoms with E-state index in [1.54, 1.807) is 6.08 Å². The van der Waals surface area contributed by atoms with Gasteiger partial charge in [0.2, 0.25) is 5.91 Å². The SMILES string of the molecule is COCNC(=O)C=Cc1ccccc1. The van der Waals surface area contributed by atoms with Crippen LogP contribution >= 0.6 is 0 Å². The zero-order chi connectivity index (χ0) is 10.2. The van der Waals surface area contributed by atoms with Crippen molar-refractivity contribution in [3.63, 3.8) is 0 Å². The van der Waals surface area contributed by atoms with Crippen molar-refractivity contribution in [3.8, 4) is 0 Å². The van der Waals surface area contributed by atoms with E-state index in [0.717, 1.165) is 5.56 Å². The van der Waals surface area contributed by atoms with Crippen LogP contribution in [0.3, 0.4) is 0 Å². The van der Waals surface area contributed by atoms with Gasteiger partial charge in [0, 0.05) is 13.2 Å². The zero-order valence-corrected chi connectivity index (χ0v) is 8.07. The van der Waals surface area contributed by atoms with Crippen LogP contribution in [0, 0.1) is 0 Å². The summed E-state index contributed by atoms with van der Waals surface area (Å²) in [5.41, 5.74) is 1.00. The van der Waals surface area contributed by atoms with Gasteiger partial charge in [-0.25, -0.2) is 0 Å². The van der Waals surface area contributed by atoms with Gasteiger partial charge in [-0.2, -0.15) is 0 Å². The molecule has 0 aliphatic carbocycles. The topological polar surface area (TPSA) is 38.3 Å². The number of amides is 1. The van der Waals surface area contributed by atoms with Crippen LogP contribution in [0.15, 0.2) is 36.4 Å². The van der Waals surface area contributed by atoms with Gasteiger partial charge in [-0.1, -0.05) is 30.3 Å². The number of ether oxygens (including phenoxy) is 1. The van der Waals surface area contributed by atoms with Gasteiger partial charge in [-0.3, -0.25) is 4.79 Å². The van der Waals surface area contributed by atoms with Crippen LogP contribution in [0.4, 0.5) is 0 Å². The summed E-state index contributed by atoms with van der Waals surface area (Å²) >= 11 is 0. The number of hydrogen-bond acceptors (Lipinski definition) is 2. The fourth-order valence-electron chi connectivity index (χ4n) is 0.938. The molecule has 1 N–H and O–H groups in total. The Labute approximate surface area is 83.4 Å². The first-order valence-electron chi connectivity index (χ1n) is 4.33. The van der Waals surface area contributed by atoms with E-state index in [-0.39, 0.29) is 12.6 Å². The summed E-state index contributed by atoms with van der Waals surface area (Å²) in [6.07, 6.45) is 3.24. The molecule has 3 heteroatoms. The van der Waals surface area contributed by atoms with E-state index in [4.69, 9.17) is 4.74 Å². The van der Waals surface area contributed by atoms with E-state index < -0.39 is 0 Å². The smallest absolute Gasteiger partial charge is 0.245 e. The van der Waals surface area contributed by atoms with Crippen molar-refractivity contribution in [2.24, 2.45) is 0 Å². The molecule has 14 heavy (non-hydrogen) atoms. The molecule has 0 spiro atoms. The summed E-state index contributed by atoms with van der Waals surface area (Å²) < 4.78 is 4.70. The second-order valence-electron chi connectivity index (χ2n) is 2.72. The molecule has 0 atom stereocenters. The number of benzene rings is 1. The van der Waals surface area contributed by atoms with Crippen molar-refractivity contribution < 1.29 is 9.53 Å². The molecule has 0 heterocycles. The van der Waals surface area contributed by atoms with Gasteiger partial charge in [0.05, 0.1) is 0 Å². The fourth-order valence-corrected chi connectivity index (χ4v) is 0.938. The Morgan fingerprint density at radius 2 is 2.14 bits per heavy atom. The minimum Gasteiger partial charge on any atom is -0.364 e. The number of hydrogen-bond donors (Lipinski definition) is 1. The van der Waals surface area contributed by atoms with E-state index in [1.165, 1.54) is 13.2 Å². The van der Waals surface area contributed by atoms with Crippen LogP contribution < -0.4 is 5.32 Å². The molecule has 1 aromatic rings. The first kappa shape index (κ1) is 10.5. The maximum absolute atomic E-state index is 11.1. The zero-order valence-electron chi connectivity index (χ0n) is 8.07. The summed E-state index contributed by atoms with van der Waals surface area (Å²) in [7, 11) is 1.53. The normalized spacial score (nSPS) is 10.4. The first-order valence-corrected chi connectivity index (χ1v) is 4.33. The van der Waals surface area contributed by atoms with Gasteiger partial charge in [0.15, 0.2) is 0 Å². The lowest BCUT2D eigenvalue weighted by molar-refractivity contribution is -0.117. The van der Waals surface area contributed by atoms with Gasteiger partial charge in [0.25, 0.3) is 0 Å². The van der Waals surface area contributed by atoms with Crippen LogP contribution in [0.5, 0.6) is 0 Å². The van der Waals surface area contributed by atoms with Gasteiger partial charge >= 0.3 is 0 Å². The third kappa shape index (κ3) is 3.87. The highest BCUT2D eigenvalue weighted by Gasteiger charge is 1.91. The van der Waals surface area contributed by atoms with Gasteiger partial charge in [-0.15, -0.1) is 0 Å². The molecule has 1 rings (SSSR count). The maximum Gasteiger partial charge on any atom is 0.245 e. The predicted octanol–water partition coefficient (Wildman–Crippen LogP) is 1.42. The number of methoxy groups -OCH3 is 1. The minimum absolute atomic E-state index is 0.157. The highest BCUT2D eigenvalue weighted by molar-refractivity contribution is 5.91. The highest BCUT2D eigenvalue weighted by atomic mass is 16.5. The largest absolute Gasteiger partial charge is 0.364 e. The summed E-state index contributed by atoms with van der Waals surface area (Å²) in [4.78, 5) is 11.1. The standard InChI is InChI=1S/C11H13NO2/c1-14-9-12-11(13)8-7-10-5-3-2-4-6-10/h2-8H,9H2,1H3,(H,12,13). The molecule has 0 aliphatic heterocycles. The molecule has 0 aromatic heterocycles. The second-order valence-corrected chi connectivity index (χ2v) is 2.72. The van der Waals surface area contributed by atoms with E-state index >= 15 is 0 Å². The van der Waals surface area contributed by atoms with Gasteiger partial charge < -0.3 is 10.1 Å². The Kier molecular flexibility index (Phi) is 4.44. The van der Waals surface area contributed by atoms with Crippen molar-refractivity contribution in [2.75, 3.05) is 13.8 Å². The quantitative estimate of drug-likeness (QED) is 0.577. The number of carbonyl (C=O) groups excluding carboxylic acids is 1. The number of rotatable bonds is 4. The lowest BCUT2D eigenvalue weighted by atomic mass is 10.2. The molecule has 74 valence electrons. The lowest BCUT2D eigenvalue weighted by Gasteiger charge is -1.98. The van der Waals surface area contributed by atoms with Crippen molar-refractivity contribution in [1.29, 1.82) is 0 Å². The Morgan fingerprint density at radius 3 is 2.79 bits per heavy atom. The molecule has 1 amide bonds. The Bertz CT molecular complexity index is 306. The molecule has 0 radical (unpaired) electrons. The highest BCUT2D eigenvalue weighted by Crippen LogP contribution is 2.00. The van der Waals surface area contributed by atoms with E-state index in [0.29, 0.717) is 0 Å². The third-order valence-corrected chi connectivity index (χ3v) is 1.62. The molecule has 0 saturated carbocycles. The predicted molar refractivity (Wildman–Crippen MR) is 55.5 cm³/mol. The summed E-state index contributed by atoms with van der Waals surface area (Å²) in [6, 6.07) is 9.64. The molecule has 0 unspecified atom stereocenters. The molecule has 1 aromatic carbocycles. The second kappa shape index (κ2) is 5.94. The first-order chi connectivity index (χ1) is 6.83. The molecule has 0 saturated heterocycles. The van der Waals surface area contributed by atoms with Crippen molar-refractivity contribution in [1.82, 2.24) is 5.32 Å². The molecule has 0 aliphatic rings. The van der Waals surface area contributed by atoms with Gasteiger partial charge in [-0.05, 0) is 11.6 Å². The van der Waals surface area contributed by atoms with Crippen molar-refractivity contribution >= 4 is 12.0 Å². The van der Waals surface area contributed by atoms with Crippen LogP contribution in [-0.4, -0.2) is 19.7 Å². The van der Waals surface area contributed by atoms with Crippen molar-refractivity contribution in [2.45, 2.75) is 0 Å². The number of nitrogens with one attached hydrogen (secondary N) is 1. The Morgan fingerprint density at radius 1 is 1.43 bits per heavy atom. The average molecular weight is 191 g/mol. The molecular weight excluding hydrogens is 178 g/mol. The number of carbonyl (C=O) groups is 1. The molecule has 3 nitrogen and oxygen atoms in total. The van der Waals surface area contributed by atoms with Gasteiger partial charge in [0.1, 0.15) is 6.73 Å². The summed E-state index contributed by atoms with van der Waals surface area (Å²) in [5.74, 6) is -0.157. The van der Waals surface area contributed by atoms with Crippen LogP contribution in [-0.2, 0) is 9.53 Å². The summed E-state index contributed by atoms with van der Waals surface area (Å²) in [6.45, 7) is 0.234. The van der Waals surface area contributed by atoms with Crippen LogP contribution in [0.2, 0.25) is 0 Å². The van der Waals surface area contributed by atoms with E-state index in [2.05, 4.69) is 5.32 Å². The Balaban J connectivity index is 2.44. The van der Waals surface area contributed by atoms with E-state index in [9.17, 15) is 4.79 Å². The minimum atomic E-state index is -0.157. The average Bonchev–Trinajstić information content (AvgIpc) is 2.25. The van der Waals surface area contributed by atoms with E-state index in [1.807, 2.05) is 30.3 Å². The lowest BCUT2D eigenvalue weighted by Crippen LogP contribution is -2.22. The molecular formula is C11H13NO2. The molecule has 0 fully saturated rings. The maximum atomic E-state index is 11.1.